The summed E-state index contributed by atoms with van der Waals surface area (Å²) >= 11 is 0. The number of rotatable bonds is 6. The van der Waals surface area contributed by atoms with Crippen LogP contribution in [0.5, 0.6) is 0 Å². The van der Waals surface area contributed by atoms with E-state index in [2.05, 4.69) is 96.2 Å². The number of pyridine rings is 2. The van der Waals surface area contributed by atoms with Gasteiger partial charge in [-0.2, -0.15) is 0 Å². The Kier molecular flexibility index (Phi) is 10.7. The van der Waals surface area contributed by atoms with Crippen LogP contribution >= 0.6 is 0 Å². The summed E-state index contributed by atoms with van der Waals surface area (Å²) in [6.07, 6.45) is 9.71. The van der Waals surface area contributed by atoms with E-state index in [4.69, 9.17) is 0 Å². The quantitative estimate of drug-likeness (QED) is 0.271. The molecule has 128 valence electrons. The molecule has 0 bridgehead atoms. The van der Waals surface area contributed by atoms with Gasteiger partial charge in [-0.25, -0.2) is 9.13 Å². The largest absolute Gasteiger partial charge is 1.00 e. The Labute approximate surface area is 174 Å². The number of hydrogen-bond donors (Lipinski definition) is 0. The third-order valence-corrected chi connectivity index (χ3v) is 3.61. The van der Waals surface area contributed by atoms with E-state index in [1.165, 1.54) is 11.4 Å². The smallest absolute Gasteiger partial charge is 0.170 e. The van der Waals surface area contributed by atoms with Crippen LogP contribution in [0.25, 0.3) is 0 Å². The van der Waals surface area contributed by atoms with Crippen LogP contribution in [-0.4, -0.2) is 28.2 Å². The number of hydrogen-bond acceptors (Lipinski definition) is 2. The lowest BCUT2D eigenvalue weighted by atomic mass is 10.3. The van der Waals surface area contributed by atoms with Crippen LogP contribution in [0, 0.1) is 0 Å². The first-order valence-electron chi connectivity index (χ1n) is 7.39. The zero-order chi connectivity index (χ0) is 15.2. The molecule has 0 fully saturated rings. The molecular formula is C17H26I2N4. The van der Waals surface area contributed by atoms with Crippen molar-refractivity contribution in [1.82, 2.24) is 0 Å². The molecule has 4 nitrogen and oxygen atoms in total. The van der Waals surface area contributed by atoms with E-state index in [9.17, 15) is 0 Å². The minimum atomic E-state index is 0. The summed E-state index contributed by atoms with van der Waals surface area (Å²) < 4.78 is 4.48. The summed E-state index contributed by atoms with van der Waals surface area (Å²) in [5, 5.41) is 0. The number of halogens is 2. The van der Waals surface area contributed by atoms with E-state index in [-0.39, 0.29) is 48.0 Å². The maximum atomic E-state index is 2.24. The van der Waals surface area contributed by atoms with Gasteiger partial charge in [0.25, 0.3) is 0 Å². The summed E-state index contributed by atoms with van der Waals surface area (Å²) in [6, 6.07) is 8.61. The summed E-state index contributed by atoms with van der Waals surface area (Å²) in [7, 11) is 8.25. The van der Waals surface area contributed by atoms with E-state index in [0.717, 1.165) is 19.5 Å². The minimum Gasteiger partial charge on any atom is -1.00 e. The second-order valence-corrected chi connectivity index (χ2v) is 5.73. The van der Waals surface area contributed by atoms with Crippen molar-refractivity contribution in [1.29, 1.82) is 0 Å². The molecule has 2 heterocycles. The van der Waals surface area contributed by atoms with Crippen LogP contribution in [0.15, 0.2) is 49.1 Å². The van der Waals surface area contributed by atoms with Crippen LogP contribution in [0.4, 0.5) is 11.4 Å². The lowest BCUT2D eigenvalue weighted by Crippen LogP contribution is -3.00. The van der Waals surface area contributed by atoms with E-state index in [1.807, 2.05) is 0 Å². The van der Waals surface area contributed by atoms with E-state index in [0.29, 0.717) is 0 Å². The Morgan fingerprint density at radius 3 is 1.22 bits per heavy atom. The zero-order valence-electron chi connectivity index (χ0n) is 14.3. The fourth-order valence-corrected chi connectivity index (χ4v) is 2.23. The van der Waals surface area contributed by atoms with E-state index in [1.54, 1.807) is 0 Å². The highest BCUT2D eigenvalue weighted by atomic mass is 127. The molecule has 0 aliphatic rings. The molecule has 0 saturated carbocycles. The molecule has 6 heteroatoms. The predicted molar refractivity (Wildman–Crippen MR) is 86.5 cm³/mol. The van der Waals surface area contributed by atoms with Crippen LogP contribution in [-0.2, 0) is 13.1 Å². The van der Waals surface area contributed by atoms with Gasteiger partial charge in [-0.15, -0.1) is 0 Å². The van der Waals surface area contributed by atoms with Gasteiger partial charge < -0.3 is 57.8 Å². The van der Waals surface area contributed by atoms with Crippen molar-refractivity contribution < 1.29 is 57.1 Å². The Balaban J connectivity index is 0.00000242. The summed E-state index contributed by atoms with van der Waals surface area (Å²) in [5.41, 5.74) is 2.47. The highest BCUT2D eigenvalue weighted by Gasteiger charge is 2.06. The van der Waals surface area contributed by atoms with Gasteiger partial charge in [0, 0.05) is 63.8 Å². The average Bonchev–Trinajstić information content (AvgIpc) is 2.48. The lowest BCUT2D eigenvalue weighted by molar-refractivity contribution is -0.726. The van der Waals surface area contributed by atoms with Crippen LogP contribution in [0.1, 0.15) is 6.42 Å². The second-order valence-electron chi connectivity index (χ2n) is 5.73. The summed E-state index contributed by atoms with van der Waals surface area (Å²) in [4.78, 5) is 4.24. The van der Waals surface area contributed by atoms with Crippen molar-refractivity contribution in [2.45, 2.75) is 19.5 Å². The van der Waals surface area contributed by atoms with Crippen molar-refractivity contribution in [3.05, 3.63) is 49.1 Å². The van der Waals surface area contributed by atoms with Crippen molar-refractivity contribution >= 4 is 11.4 Å². The second kappa shape index (κ2) is 11.0. The van der Waals surface area contributed by atoms with Crippen LogP contribution in [0.3, 0.4) is 0 Å². The SMILES string of the molecule is CN(C)c1cc[n+](CCC[n+]2ccc(N(C)C)cc2)cc1.[I-].[I-]. The molecule has 0 aliphatic heterocycles. The maximum absolute atomic E-state index is 2.24. The molecule has 0 unspecified atom stereocenters. The van der Waals surface area contributed by atoms with Crippen molar-refractivity contribution in [2.24, 2.45) is 0 Å². The highest BCUT2D eigenvalue weighted by molar-refractivity contribution is 5.41. The average molecular weight is 540 g/mol. The normalized spacial score (nSPS) is 9.57. The molecule has 2 aromatic heterocycles. The summed E-state index contributed by atoms with van der Waals surface area (Å²) in [5.74, 6) is 0. The molecule has 0 amide bonds. The number of nitrogens with zero attached hydrogens (tertiary/aromatic N) is 4. The van der Waals surface area contributed by atoms with Gasteiger partial charge in [0.1, 0.15) is 0 Å². The lowest BCUT2D eigenvalue weighted by Gasteiger charge is -2.10. The molecular weight excluding hydrogens is 514 g/mol. The maximum Gasteiger partial charge on any atom is 0.170 e. The Morgan fingerprint density at radius 1 is 0.652 bits per heavy atom. The van der Waals surface area contributed by atoms with E-state index < -0.39 is 0 Å². The molecule has 2 aromatic rings. The molecule has 0 radical (unpaired) electrons. The molecule has 0 aliphatic carbocycles. The number of anilines is 2. The van der Waals surface area contributed by atoms with Gasteiger partial charge >= 0.3 is 0 Å². The van der Waals surface area contributed by atoms with Crippen LogP contribution in [0.2, 0.25) is 0 Å². The van der Waals surface area contributed by atoms with Gasteiger partial charge in [-0.3, -0.25) is 0 Å². The Hall–Kier alpha value is -0.640. The van der Waals surface area contributed by atoms with E-state index >= 15 is 0 Å². The molecule has 0 saturated heterocycles. The third kappa shape index (κ3) is 7.19. The first-order valence-corrected chi connectivity index (χ1v) is 7.39. The van der Waals surface area contributed by atoms with Gasteiger partial charge in [0.15, 0.2) is 37.9 Å². The van der Waals surface area contributed by atoms with Gasteiger partial charge in [-0.05, 0) is 0 Å². The van der Waals surface area contributed by atoms with Crippen molar-refractivity contribution in [3.63, 3.8) is 0 Å². The van der Waals surface area contributed by atoms with Gasteiger partial charge in [-0.1, -0.05) is 0 Å². The first-order chi connectivity index (χ1) is 10.1. The van der Waals surface area contributed by atoms with Crippen molar-refractivity contribution in [3.8, 4) is 0 Å². The first kappa shape index (κ1) is 22.4. The fraction of sp³-hybridized carbons (Fsp3) is 0.412. The minimum absolute atomic E-state index is 0. The standard InChI is InChI=1S/C17H26N4.2HI/c1-18(2)16-6-12-20(13-7-16)10-5-11-21-14-8-17(9-15-21)19(3)4;;/h6-9,12-15H,5,10-11H2,1-4H3;2*1H/q+2;;/p-2. The Bertz CT molecular complexity index is 502. The van der Waals surface area contributed by atoms with Crippen molar-refractivity contribution in [2.75, 3.05) is 38.0 Å². The Morgan fingerprint density at radius 2 is 0.957 bits per heavy atom. The van der Waals surface area contributed by atoms with Crippen LogP contribution < -0.4 is 66.9 Å². The topological polar surface area (TPSA) is 14.2 Å². The fourth-order valence-electron chi connectivity index (χ4n) is 2.23. The number of aryl methyl sites for hydroxylation is 2. The highest BCUT2D eigenvalue weighted by Crippen LogP contribution is 2.06. The molecule has 0 spiro atoms. The van der Waals surface area contributed by atoms with Gasteiger partial charge in [0.2, 0.25) is 0 Å². The molecule has 23 heavy (non-hydrogen) atoms. The number of aromatic nitrogens is 2. The van der Waals surface area contributed by atoms with Gasteiger partial charge in [0.05, 0.1) is 6.42 Å². The zero-order valence-corrected chi connectivity index (χ0v) is 18.6. The molecule has 0 N–H and O–H groups in total. The summed E-state index contributed by atoms with van der Waals surface area (Å²) in [6.45, 7) is 2.08. The molecule has 0 aromatic carbocycles. The monoisotopic (exact) mass is 540 g/mol. The predicted octanol–water partition coefficient (Wildman–Crippen LogP) is -4.51. The molecule has 0 atom stereocenters. The third-order valence-electron chi connectivity index (χ3n) is 3.61. The molecule has 2 rings (SSSR count).